The Morgan fingerprint density at radius 1 is 0.962 bits per heavy atom. The normalized spacial score (nSPS) is 14.5. The van der Waals surface area contributed by atoms with Crippen LogP contribution < -0.4 is 16.2 Å². The molecule has 2 aromatic rings. The molecule has 1 fully saturated rings. The van der Waals surface area contributed by atoms with Gasteiger partial charge in [-0.05, 0) is 36.4 Å². The minimum absolute atomic E-state index is 0.166. The fraction of sp³-hybridized carbons (Fsp3) is 0.278. The third kappa shape index (κ3) is 4.60. The number of anilines is 1. The van der Waals surface area contributed by atoms with Gasteiger partial charge in [-0.2, -0.15) is 0 Å². The van der Waals surface area contributed by atoms with Crippen LogP contribution in [0, 0.1) is 5.92 Å². The molecule has 0 aliphatic carbocycles. The zero-order valence-electron chi connectivity index (χ0n) is 14.1. The summed E-state index contributed by atoms with van der Waals surface area (Å²) in [6.45, 7) is 0.991. The average molecular weight is 372 g/mol. The van der Waals surface area contributed by atoms with E-state index in [-0.39, 0.29) is 23.8 Å². The molecule has 0 saturated carbocycles. The van der Waals surface area contributed by atoms with Crippen molar-refractivity contribution < 1.29 is 14.4 Å². The summed E-state index contributed by atoms with van der Waals surface area (Å²) in [5.41, 5.74) is 5.65. The van der Waals surface area contributed by atoms with Crippen molar-refractivity contribution in [3.05, 3.63) is 52.7 Å². The zero-order chi connectivity index (χ0) is 18.4. The monoisotopic (exact) mass is 372 g/mol. The van der Waals surface area contributed by atoms with Crippen molar-refractivity contribution in [1.82, 2.24) is 15.8 Å². The van der Waals surface area contributed by atoms with Crippen LogP contribution in [0.3, 0.4) is 0 Å². The van der Waals surface area contributed by atoms with Gasteiger partial charge < -0.3 is 10.2 Å². The molecule has 8 heteroatoms. The van der Waals surface area contributed by atoms with Crippen LogP contribution in [0.2, 0.25) is 0 Å². The summed E-state index contributed by atoms with van der Waals surface area (Å²) in [6.07, 6.45) is 1.12. The van der Waals surface area contributed by atoms with Crippen molar-refractivity contribution in [1.29, 1.82) is 0 Å². The summed E-state index contributed by atoms with van der Waals surface area (Å²) in [6, 6.07) is 12.6. The average Bonchev–Trinajstić information content (AvgIpc) is 3.21. The third-order valence-electron chi connectivity index (χ3n) is 4.22. The van der Waals surface area contributed by atoms with Gasteiger partial charge in [-0.15, -0.1) is 11.3 Å². The molecule has 0 atom stereocenters. The Morgan fingerprint density at radius 3 is 2.35 bits per heavy atom. The van der Waals surface area contributed by atoms with Crippen LogP contribution in [-0.4, -0.2) is 35.8 Å². The highest BCUT2D eigenvalue weighted by Crippen LogP contribution is 2.18. The first-order valence-electron chi connectivity index (χ1n) is 8.38. The molecule has 26 heavy (non-hydrogen) atoms. The van der Waals surface area contributed by atoms with Crippen molar-refractivity contribution in [2.45, 2.75) is 12.8 Å². The molecule has 136 valence electrons. The summed E-state index contributed by atoms with van der Waals surface area (Å²) in [5, 5.41) is 4.64. The highest BCUT2D eigenvalue weighted by Gasteiger charge is 2.27. The van der Waals surface area contributed by atoms with E-state index in [1.165, 1.54) is 11.3 Å². The number of nitrogens with zero attached hydrogens (tertiary/aromatic N) is 1. The number of hydrazine groups is 1. The van der Waals surface area contributed by atoms with E-state index >= 15 is 0 Å². The Morgan fingerprint density at radius 2 is 1.69 bits per heavy atom. The number of para-hydroxylation sites is 1. The third-order valence-corrected chi connectivity index (χ3v) is 5.09. The number of piperidine rings is 1. The van der Waals surface area contributed by atoms with Crippen LogP contribution in [-0.2, 0) is 4.79 Å². The lowest BCUT2D eigenvalue weighted by molar-refractivity contribution is -0.127. The van der Waals surface area contributed by atoms with Gasteiger partial charge in [0, 0.05) is 24.7 Å². The molecule has 1 aliphatic heterocycles. The number of rotatable bonds is 3. The number of nitrogens with one attached hydrogen (secondary N) is 3. The lowest BCUT2D eigenvalue weighted by Gasteiger charge is -2.31. The van der Waals surface area contributed by atoms with Gasteiger partial charge in [0.25, 0.3) is 5.91 Å². The van der Waals surface area contributed by atoms with Gasteiger partial charge in [0.1, 0.15) is 0 Å². The van der Waals surface area contributed by atoms with E-state index in [0.29, 0.717) is 30.8 Å². The number of urea groups is 1. The van der Waals surface area contributed by atoms with Crippen LogP contribution in [0.1, 0.15) is 22.5 Å². The molecule has 1 aromatic carbocycles. The second-order valence-corrected chi connectivity index (χ2v) is 6.93. The minimum atomic E-state index is -0.326. The first kappa shape index (κ1) is 17.9. The number of carbonyl (C=O) groups excluding carboxylic acids is 3. The van der Waals surface area contributed by atoms with Gasteiger partial charge in [-0.3, -0.25) is 20.4 Å². The van der Waals surface area contributed by atoms with Crippen molar-refractivity contribution >= 4 is 34.9 Å². The van der Waals surface area contributed by atoms with Gasteiger partial charge in [-0.1, -0.05) is 24.3 Å². The molecule has 0 bridgehead atoms. The molecule has 4 amide bonds. The molecule has 2 heterocycles. The molecule has 1 aliphatic rings. The van der Waals surface area contributed by atoms with Crippen molar-refractivity contribution in [3.63, 3.8) is 0 Å². The minimum Gasteiger partial charge on any atom is -0.324 e. The SMILES string of the molecule is O=C(NNC(=O)C1CCN(C(=O)Nc2ccccc2)CC1)c1cccs1. The quantitative estimate of drug-likeness (QED) is 0.723. The highest BCUT2D eigenvalue weighted by molar-refractivity contribution is 7.12. The van der Waals surface area contributed by atoms with Gasteiger partial charge in [0.05, 0.1) is 4.88 Å². The lowest BCUT2D eigenvalue weighted by Crippen LogP contribution is -2.48. The maximum absolute atomic E-state index is 12.2. The number of hydrogen-bond donors (Lipinski definition) is 3. The largest absolute Gasteiger partial charge is 0.324 e. The van der Waals surface area contributed by atoms with Gasteiger partial charge in [0.15, 0.2) is 0 Å². The first-order chi connectivity index (χ1) is 12.6. The van der Waals surface area contributed by atoms with Gasteiger partial charge in [0.2, 0.25) is 5.91 Å². The van der Waals surface area contributed by atoms with E-state index in [9.17, 15) is 14.4 Å². The Labute approximate surface area is 155 Å². The molecular weight excluding hydrogens is 352 g/mol. The van der Waals surface area contributed by atoms with E-state index in [0.717, 1.165) is 5.69 Å². The molecular formula is C18H20N4O3S. The van der Waals surface area contributed by atoms with Gasteiger partial charge >= 0.3 is 6.03 Å². The van der Waals surface area contributed by atoms with Crippen LogP contribution in [0.5, 0.6) is 0 Å². The van der Waals surface area contributed by atoms with Crippen molar-refractivity contribution in [3.8, 4) is 0 Å². The Hall–Kier alpha value is -2.87. The Bertz CT molecular complexity index is 756. The van der Waals surface area contributed by atoms with Crippen LogP contribution in [0.4, 0.5) is 10.5 Å². The number of likely N-dealkylation sites (tertiary alicyclic amines) is 1. The smallest absolute Gasteiger partial charge is 0.321 e. The maximum atomic E-state index is 12.2. The van der Waals surface area contributed by atoms with Gasteiger partial charge in [-0.25, -0.2) is 4.79 Å². The van der Waals surface area contributed by atoms with E-state index in [1.807, 2.05) is 30.3 Å². The molecule has 7 nitrogen and oxygen atoms in total. The highest BCUT2D eigenvalue weighted by atomic mass is 32.1. The second-order valence-electron chi connectivity index (χ2n) is 5.98. The summed E-state index contributed by atoms with van der Waals surface area (Å²) in [4.78, 5) is 38.5. The lowest BCUT2D eigenvalue weighted by atomic mass is 9.96. The Kier molecular flexibility index (Phi) is 5.85. The molecule has 0 radical (unpaired) electrons. The second kappa shape index (κ2) is 8.48. The predicted octanol–water partition coefficient (Wildman–Crippen LogP) is 2.45. The predicted molar refractivity (Wildman–Crippen MR) is 99.7 cm³/mol. The molecule has 1 saturated heterocycles. The summed E-state index contributed by atoms with van der Waals surface area (Å²) < 4.78 is 0. The van der Waals surface area contributed by atoms with Crippen molar-refractivity contribution in [2.24, 2.45) is 5.92 Å². The molecule has 1 aromatic heterocycles. The van der Waals surface area contributed by atoms with Crippen molar-refractivity contribution in [2.75, 3.05) is 18.4 Å². The topological polar surface area (TPSA) is 90.5 Å². The van der Waals surface area contributed by atoms with E-state index in [4.69, 9.17) is 0 Å². The first-order valence-corrected chi connectivity index (χ1v) is 9.26. The molecule has 0 unspecified atom stereocenters. The maximum Gasteiger partial charge on any atom is 0.321 e. The fourth-order valence-corrected chi connectivity index (χ4v) is 3.38. The fourth-order valence-electron chi connectivity index (χ4n) is 2.76. The number of amides is 4. The molecule has 0 spiro atoms. The Balaban J connectivity index is 1.42. The van der Waals surface area contributed by atoms with Crippen LogP contribution >= 0.6 is 11.3 Å². The number of hydrogen-bond acceptors (Lipinski definition) is 4. The number of thiophene rings is 1. The zero-order valence-corrected chi connectivity index (χ0v) is 14.9. The summed E-state index contributed by atoms with van der Waals surface area (Å²) in [5.74, 6) is -0.773. The van der Waals surface area contributed by atoms with E-state index in [2.05, 4.69) is 16.2 Å². The van der Waals surface area contributed by atoms with E-state index < -0.39 is 0 Å². The number of benzene rings is 1. The molecule has 3 rings (SSSR count). The van der Waals surface area contributed by atoms with Crippen LogP contribution in [0.15, 0.2) is 47.8 Å². The summed E-state index contributed by atoms with van der Waals surface area (Å²) >= 11 is 1.31. The van der Waals surface area contributed by atoms with Crippen LogP contribution in [0.25, 0.3) is 0 Å². The number of carbonyl (C=O) groups is 3. The standard InChI is InChI=1S/C18H20N4O3S/c23-16(20-21-17(24)15-7-4-12-26-15)13-8-10-22(11-9-13)18(25)19-14-5-2-1-3-6-14/h1-7,12-13H,8-11H2,(H,19,25)(H,20,23)(H,21,24). The van der Waals surface area contributed by atoms with E-state index in [1.54, 1.807) is 22.4 Å². The summed E-state index contributed by atoms with van der Waals surface area (Å²) in [7, 11) is 0. The molecule has 3 N–H and O–H groups in total.